The molecule has 1 aliphatic heterocycles. The zero-order valence-corrected chi connectivity index (χ0v) is 10.9. The van der Waals surface area contributed by atoms with E-state index in [1.807, 2.05) is 0 Å². The number of nitrogens with one attached hydrogen (secondary N) is 1. The lowest BCUT2D eigenvalue weighted by Crippen LogP contribution is -2.36. The molecule has 2 nitrogen and oxygen atoms in total. The summed E-state index contributed by atoms with van der Waals surface area (Å²) in [4.78, 5) is 2.66. The van der Waals surface area contributed by atoms with Gasteiger partial charge in [0.05, 0.1) is 0 Å². The SMILES string of the molecule is CCC(c1ccccc1)N1CCCNCCC1. The molecule has 17 heavy (non-hydrogen) atoms. The summed E-state index contributed by atoms with van der Waals surface area (Å²) in [6.45, 7) is 7.08. The van der Waals surface area contributed by atoms with E-state index in [1.165, 1.54) is 51.0 Å². The molecule has 1 saturated heterocycles. The second kappa shape index (κ2) is 6.77. The second-order valence-electron chi connectivity index (χ2n) is 4.83. The van der Waals surface area contributed by atoms with Crippen LogP contribution in [0, 0.1) is 0 Å². The Kier molecular flexibility index (Phi) is 5.02. The highest BCUT2D eigenvalue weighted by molar-refractivity contribution is 5.18. The first-order chi connectivity index (χ1) is 8.42. The van der Waals surface area contributed by atoms with Crippen LogP contribution in [0.3, 0.4) is 0 Å². The fraction of sp³-hybridized carbons (Fsp3) is 0.600. The van der Waals surface area contributed by atoms with Crippen molar-refractivity contribution in [2.24, 2.45) is 0 Å². The van der Waals surface area contributed by atoms with Crippen LogP contribution in [0.25, 0.3) is 0 Å². The van der Waals surface area contributed by atoms with Crippen LogP contribution in [0.15, 0.2) is 30.3 Å². The van der Waals surface area contributed by atoms with E-state index >= 15 is 0 Å². The summed E-state index contributed by atoms with van der Waals surface area (Å²) < 4.78 is 0. The quantitative estimate of drug-likeness (QED) is 0.862. The Morgan fingerprint density at radius 1 is 1.12 bits per heavy atom. The van der Waals surface area contributed by atoms with E-state index in [0.29, 0.717) is 6.04 Å². The Hall–Kier alpha value is -0.860. The highest BCUT2D eigenvalue weighted by Crippen LogP contribution is 2.24. The predicted molar refractivity (Wildman–Crippen MR) is 73.2 cm³/mol. The second-order valence-corrected chi connectivity index (χ2v) is 4.83. The molecule has 0 radical (unpaired) electrons. The number of nitrogens with zero attached hydrogens (tertiary/aromatic N) is 1. The van der Waals surface area contributed by atoms with E-state index in [9.17, 15) is 0 Å². The summed E-state index contributed by atoms with van der Waals surface area (Å²) in [7, 11) is 0. The fourth-order valence-electron chi connectivity index (χ4n) is 2.74. The van der Waals surface area contributed by atoms with Crippen LogP contribution in [-0.4, -0.2) is 31.1 Å². The average molecular weight is 232 g/mol. The van der Waals surface area contributed by atoms with Gasteiger partial charge in [0.1, 0.15) is 0 Å². The molecule has 0 aliphatic carbocycles. The first-order valence-corrected chi connectivity index (χ1v) is 6.91. The summed E-state index contributed by atoms with van der Waals surface area (Å²) in [6.07, 6.45) is 3.74. The van der Waals surface area contributed by atoms with Crippen molar-refractivity contribution >= 4 is 0 Å². The number of hydrogen-bond donors (Lipinski definition) is 1. The van der Waals surface area contributed by atoms with Crippen molar-refractivity contribution in [2.75, 3.05) is 26.2 Å². The molecule has 1 atom stereocenters. The zero-order chi connectivity index (χ0) is 11.9. The van der Waals surface area contributed by atoms with Crippen molar-refractivity contribution in [1.82, 2.24) is 10.2 Å². The van der Waals surface area contributed by atoms with E-state index in [1.54, 1.807) is 0 Å². The molecule has 1 fully saturated rings. The Morgan fingerprint density at radius 3 is 2.35 bits per heavy atom. The standard InChI is InChI=1S/C15H24N2/c1-2-15(14-8-4-3-5-9-14)17-12-6-10-16-11-7-13-17/h3-5,8-9,15-16H,2,6-7,10-13H2,1H3. The van der Waals surface area contributed by atoms with Gasteiger partial charge in [0.15, 0.2) is 0 Å². The smallest absolute Gasteiger partial charge is 0.0345 e. The van der Waals surface area contributed by atoms with E-state index in [0.717, 1.165) is 0 Å². The zero-order valence-electron chi connectivity index (χ0n) is 10.9. The predicted octanol–water partition coefficient (Wildman–Crippen LogP) is 2.82. The van der Waals surface area contributed by atoms with Gasteiger partial charge in [0.2, 0.25) is 0 Å². The van der Waals surface area contributed by atoms with E-state index < -0.39 is 0 Å². The summed E-state index contributed by atoms with van der Waals surface area (Å²) in [5.74, 6) is 0. The van der Waals surface area contributed by atoms with Gasteiger partial charge < -0.3 is 5.32 Å². The van der Waals surface area contributed by atoms with Crippen LogP contribution in [0.1, 0.15) is 37.8 Å². The van der Waals surface area contributed by atoms with Gasteiger partial charge in [-0.1, -0.05) is 37.3 Å². The highest BCUT2D eigenvalue weighted by Gasteiger charge is 2.18. The molecule has 0 aromatic heterocycles. The monoisotopic (exact) mass is 232 g/mol. The van der Waals surface area contributed by atoms with Gasteiger partial charge in [-0.25, -0.2) is 0 Å². The minimum absolute atomic E-state index is 0.606. The van der Waals surface area contributed by atoms with Crippen LogP contribution in [0.5, 0.6) is 0 Å². The minimum atomic E-state index is 0.606. The number of rotatable bonds is 3. The van der Waals surface area contributed by atoms with Crippen molar-refractivity contribution in [3.8, 4) is 0 Å². The summed E-state index contributed by atoms with van der Waals surface area (Å²) in [5.41, 5.74) is 1.48. The third-order valence-electron chi connectivity index (χ3n) is 3.61. The van der Waals surface area contributed by atoms with E-state index in [2.05, 4.69) is 47.5 Å². The topological polar surface area (TPSA) is 15.3 Å². The maximum absolute atomic E-state index is 3.48. The van der Waals surface area contributed by atoms with Gasteiger partial charge in [0, 0.05) is 6.04 Å². The molecule has 2 rings (SSSR count). The Morgan fingerprint density at radius 2 is 1.76 bits per heavy atom. The molecule has 1 aromatic rings. The molecule has 1 aromatic carbocycles. The van der Waals surface area contributed by atoms with Gasteiger partial charge in [0.25, 0.3) is 0 Å². The molecule has 0 bridgehead atoms. The summed E-state index contributed by atoms with van der Waals surface area (Å²) >= 11 is 0. The van der Waals surface area contributed by atoms with E-state index in [4.69, 9.17) is 0 Å². The van der Waals surface area contributed by atoms with Crippen LogP contribution in [0.2, 0.25) is 0 Å². The highest BCUT2D eigenvalue weighted by atomic mass is 15.2. The summed E-state index contributed by atoms with van der Waals surface area (Å²) in [5, 5.41) is 3.48. The van der Waals surface area contributed by atoms with Crippen LogP contribution in [0.4, 0.5) is 0 Å². The molecular formula is C15H24N2. The van der Waals surface area contributed by atoms with E-state index in [-0.39, 0.29) is 0 Å². The maximum atomic E-state index is 3.48. The Balaban J connectivity index is 2.05. The lowest BCUT2D eigenvalue weighted by molar-refractivity contribution is 0.178. The van der Waals surface area contributed by atoms with Gasteiger partial charge in [-0.15, -0.1) is 0 Å². The van der Waals surface area contributed by atoms with Gasteiger partial charge in [-0.05, 0) is 51.0 Å². The van der Waals surface area contributed by atoms with Crippen LogP contribution in [-0.2, 0) is 0 Å². The Bertz CT molecular complexity index is 302. The normalized spacial score (nSPS) is 20.5. The molecule has 1 N–H and O–H groups in total. The first kappa shape index (κ1) is 12.6. The average Bonchev–Trinajstić information content (AvgIpc) is 2.34. The third-order valence-corrected chi connectivity index (χ3v) is 3.61. The maximum Gasteiger partial charge on any atom is 0.0345 e. The molecule has 0 amide bonds. The lowest BCUT2D eigenvalue weighted by atomic mass is 10.0. The number of hydrogen-bond acceptors (Lipinski definition) is 2. The molecule has 1 heterocycles. The molecular weight excluding hydrogens is 208 g/mol. The van der Waals surface area contributed by atoms with Gasteiger partial charge in [-0.3, -0.25) is 4.90 Å². The first-order valence-electron chi connectivity index (χ1n) is 6.91. The molecule has 0 spiro atoms. The third kappa shape index (κ3) is 3.55. The fourth-order valence-corrected chi connectivity index (χ4v) is 2.74. The van der Waals surface area contributed by atoms with Crippen molar-refractivity contribution in [2.45, 2.75) is 32.2 Å². The molecule has 0 saturated carbocycles. The molecule has 2 heteroatoms. The number of benzene rings is 1. The lowest BCUT2D eigenvalue weighted by Gasteiger charge is -2.33. The largest absolute Gasteiger partial charge is 0.317 e. The van der Waals surface area contributed by atoms with Crippen molar-refractivity contribution in [3.63, 3.8) is 0 Å². The Labute approximate surface area is 105 Å². The van der Waals surface area contributed by atoms with Gasteiger partial charge >= 0.3 is 0 Å². The summed E-state index contributed by atoms with van der Waals surface area (Å²) in [6, 6.07) is 11.6. The molecule has 1 unspecified atom stereocenters. The van der Waals surface area contributed by atoms with Crippen LogP contribution >= 0.6 is 0 Å². The molecule has 94 valence electrons. The van der Waals surface area contributed by atoms with Crippen molar-refractivity contribution in [3.05, 3.63) is 35.9 Å². The minimum Gasteiger partial charge on any atom is -0.317 e. The van der Waals surface area contributed by atoms with Crippen molar-refractivity contribution in [1.29, 1.82) is 0 Å². The van der Waals surface area contributed by atoms with Crippen LogP contribution < -0.4 is 5.32 Å². The van der Waals surface area contributed by atoms with Crippen molar-refractivity contribution < 1.29 is 0 Å². The van der Waals surface area contributed by atoms with Gasteiger partial charge in [-0.2, -0.15) is 0 Å². The molecule has 1 aliphatic rings.